The van der Waals surface area contributed by atoms with E-state index in [0.29, 0.717) is 0 Å². The third-order valence-corrected chi connectivity index (χ3v) is 4.18. The summed E-state index contributed by atoms with van der Waals surface area (Å²) in [6.07, 6.45) is 3.27. The number of pyridine rings is 1. The average Bonchev–Trinajstić information content (AvgIpc) is 2.36. The van der Waals surface area contributed by atoms with E-state index in [9.17, 15) is 17.6 Å². The maximum Gasteiger partial charge on any atom is 0.253 e. The van der Waals surface area contributed by atoms with Gasteiger partial charge in [-0.3, -0.25) is 0 Å². The van der Waals surface area contributed by atoms with Crippen molar-refractivity contribution in [1.82, 2.24) is 4.98 Å². The molecule has 0 atom stereocenters. The maximum atomic E-state index is 13.7. The van der Waals surface area contributed by atoms with E-state index < -0.39 is 29.2 Å². The van der Waals surface area contributed by atoms with Gasteiger partial charge in [-0.05, 0) is 31.1 Å². The van der Waals surface area contributed by atoms with Gasteiger partial charge in [0.2, 0.25) is 11.6 Å². The molecule has 0 N–H and O–H groups in total. The lowest BCUT2D eigenvalue weighted by atomic mass is 9.75. The minimum Gasteiger partial charge on any atom is -0.367 e. The molecule has 1 aromatic heterocycles. The standard InChI is InChI=1S/C14H18F4N2/c1-14(2)6-4-8(5-7-14)20(3)11-9(15)12(17)19-13(18)10(11)16/h8H,4-7H2,1-3H3. The predicted molar refractivity (Wildman–Crippen MR) is 68.5 cm³/mol. The molecule has 0 bridgehead atoms. The third-order valence-electron chi connectivity index (χ3n) is 4.18. The van der Waals surface area contributed by atoms with Gasteiger partial charge >= 0.3 is 0 Å². The van der Waals surface area contributed by atoms with Crippen LogP contribution in [0.15, 0.2) is 0 Å². The van der Waals surface area contributed by atoms with Gasteiger partial charge in [0.05, 0.1) is 0 Å². The zero-order chi connectivity index (χ0) is 15.1. The summed E-state index contributed by atoms with van der Waals surface area (Å²) in [7, 11) is 1.46. The van der Waals surface area contributed by atoms with Gasteiger partial charge in [0, 0.05) is 13.1 Å². The molecule has 2 rings (SSSR count). The van der Waals surface area contributed by atoms with Gasteiger partial charge in [-0.25, -0.2) is 0 Å². The molecule has 0 aromatic carbocycles. The lowest BCUT2D eigenvalue weighted by molar-refractivity contribution is 0.221. The molecular weight excluding hydrogens is 272 g/mol. The molecule has 0 radical (unpaired) electrons. The Morgan fingerprint density at radius 2 is 1.45 bits per heavy atom. The van der Waals surface area contributed by atoms with Crippen LogP contribution < -0.4 is 4.90 Å². The molecule has 1 aliphatic rings. The summed E-state index contributed by atoms with van der Waals surface area (Å²) in [4.78, 5) is 3.87. The molecule has 0 aliphatic heterocycles. The molecule has 0 unspecified atom stereocenters. The highest BCUT2D eigenvalue weighted by molar-refractivity contribution is 5.48. The summed E-state index contributed by atoms with van der Waals surface area (Å²) >= 11 is 0. The smallest absolute Gasteiger partial charge is 0.253 e. The summed E-state index contributed by atoms with van der Waals surface area (Å²) in [6, 6.07) is -0.131. The van der Waals surface area contributed by atoms with Crippen LogP contribution in [0.2, 0.25) is 0 Å². The van der Waals surface area contributed by atoms with Crippen LogP contribution in [-0.2, 0) is 0 Å². The van der Waals surface area contributed by atoms with Gasteiger partial charge in [0.25, 0.3) is 11.9 Å². The van der Waals surface area contributed by atoms with E-state index >= 15 is 0 Å². The number of hydrogen-bond acceptors (Lipinski definition) is 2. The summed E-state index contributed by atoms with van der Waals surface area (Å²) in [5.74, 6) is -6.09. The Balaban J connectivity index is 2.28. The van der Waals surface area contributed by atoms with Crippen molar-refractivity contribution in [3.05, 3.63) is 23.5 Å². The van der Waals surface area contributed by atoms with Crippen molar-refractivity contribution < 1.29 is 17.6 Å². The summed E-state index contributed by atoms with van der Waals surface area (Å²) in [5, 5.41) is 0. The van der Waals surface area contributed by atoms with Crippen LogP contribution in [0.3, 0.4) is 0 Å². The molecule has 1 aliphatic carbocycles. The molecule has 0 amide bonds. The van der Waals surface area contributed by atoms with Gasteiger partial charge in [-0.2, -0.15) is 22.5 Å². The topological polar surface area (TPSA) is 16.1 Å². The molecule has 6 heteroatoms. The van der Waals surface area contributed by atoms with Gasteiger partial charge in [-0.1, -0.05) is 13.8 Å². The van der Waals surface area contributed by atoms with E-state index in [2.05, 4.69) is 18.8 Å². The second-order valence-corrected chi connectivity index (χ2v) is 6.18. The van der Waals surface area contributed by atoms with Crippen LogP contribution in [-0.4, -0.2) is 18.1 Å². The Labute approximate surface area is 115 Å². The molecule has 0 saturated heterocycles. The highest BCUT2D eigenvalue weighted by Crippen LogP contribution is 2.38. The minimum absolute atomic E-state index is 0.131. The first-order chi connectivity index (χ1) is 9.23. The fraction of sp³-hybridized carbons (Fsp3) is 0.643. The van der Waals surface area contributed by atoms with E-state index in [1.807, 2.05) is 0 Å². The van der Waals surface area contributed by atoms with E-state index in [1.165, 1.54) is 11.9 Å². The number of anilines is 1. The van der Waals surface area contributed by atoms with Crippen LogP contribution >= 0.6 is 0 Å². The van der Waals surface area contributed by atoms with Crippen LogP contribution in [0.4, 0.5) is 23.2 Å². The van der Waals surface area contributed by atoms with Gasteiger partial charge in [0.1, 0.15) is 5.69 Å². The van der Waals surface area contributed by atoms with Crippen molar-refractivity contribution in [3.63, 3.8) is 0 Å². The Morgan fingerprint density at radius 3 is 1.90 bits per heavy atom. The van der Waals surface area contributed by atoms with Crippen molar-refractivity contribution in [3.8, 4) is 0 Å². The molecule has 1 heterocycles. The SMILES string of the molecule is CN(c1c(F)c(F)nc(F)c1F)C1CCC(C)(C)CC1. The van der Waals surface area contributed by atoms with Crippen molar-refractivity contribution >= 4 is 5.69 Å². The second kappa shape index (κ2) is 5.22. The quantitative estimate of drug-likeness (QED) is 0.603. The lowest BCUT2D eigenvalue weighted by Crippen LogP contribution is -2.38. The molecule has 20 heavy (non-hydrogen) atoms. The predicted octanol–water partition coefficient (Wildman–Crippen LogP) is 4.04. The van der Waals surface area contributed by atoms with Crippen molar-refractivity contribution in [2.24, 2.45) is 5.41 Å². The van der Waals surface area contributed by atoms with Crippen LogP contribution in [0, 0.1) is 28.9 Å². The van der Waals surface area contributed by atoms with Crippen molar-refractivity contribution in [2.75, 3.05) is 11.9 Å². The first-order valence-corrected chi connectivity index (χ1v) is 6.66. The Morgan fingerprint density at radius 1 is 1.00 bits per heavy atom. The largest absolute Gasteiger partial charge is 0.367 e. The van der Waals surface area contributed by atoms with E-state index in [-0.39, 0.29) is 11.5 Å². The van der Waals surface area contributed by atoms with Crippen LogP contribution in [0.1, 0.15) is 39.5 Å². The second-order valence-electron chi connectivity index (χ2n) is 6.18. The number of hydrogen-bond donors (Lipinski definition) is 0. The molecule has 1 fully saturated rings. The van der Waals surface area contributed by atoms with Gasteiger partial charge < -0.3 is 4.90 Å². The fourth-order valence-corrected chi connectivity index (χ4v) is 2.74. The molecule has 1 saturated carbocycles. The van der Waals surface area contributed by atoms with Gasteiger partial charge in [-0.15, -0.1) is 0 Å². The van der Waals surface area contributed by atoms with E-state index in [1.54, 1.807) is 0 Å². The molecule has 112 valence electrons. The maximum absolute atomic E-state index is 13.7. The lowest BCUT2D eigenvalue weighted by Gasteiger charge is -2.39. The number of halogens is 4. The molecular formula is C14H18F4N2. The third kappa shape index (κ3) is 2.74. The van der Waals surface area contributed by atoms with Crippen molar-refractivity contribution in [1.29, 1.82) is 0 Å². The van der Waals surface area contributed by atoms with Crippen LogP contribution in [0.5, 0.6) is 0 Å². The van der Waals surface area contributed by atoms with E-state index in [0.717, 1.165) is 25.7 Å². The Bertz CT molecular complexity index is 480. The summed E-state index contributed by atoms with van der Waals surface area (Å²) < 4.78 is 53.7. The normalized spacial score (nSPS) is 19.1. The van der Waals surface area contributed by atoms with Crippen molar-refractivity contribution in [2.45, 2.75) is 45.6 Å². The molecule has 1 aromatic rings. The number of nitrogens with zero attached hydrogens (tertiary/aromatic N) is 2. The highest BCUT2D eigenvalue weighted by Gasteiger charge is 2.32. The Hall–Kier alpha value is -1.33. The van der Waals surface area contributed by atoms with E-state index in [4.69, 9.17) is 0 Å². The molecule has 2 nitrogen and oxygen atoms in total. The van der Waals surface area contributed by atoms with Crippen LogP contribution in [0.25, 0.3) is 0 Å². The first kappa shape index (κ1) is 15.1. The van der Waals surface area contributed by atoms with Gasteiger partial charge in [0.15, 0.2) is 0 Å². The summed E-state index contributed by atoms with van der Waals surface area (Å²) in [6.45, 7) is 4.27. The minimum atomic E-state index is -1.61. The number of aromatic nitrogens is 1. The highest BCUT2D eigenvalue weighted by atomic mass is 19.2. The monoisotopic (exact) mass is 290 g/mol. The zero-order valence-electron chi connectivity index (χ0n) is 11.8. The summed E-state index contributed by atoms with van der Waals surface area (Å²) in [5.41, 5.74) is -0.469. The molecule has 0 spiro atoms. The number of rotatable bonds is 2. The zero-order valence-corrected chi connectivity index (χ0v) is 11.8. The Kier molecular flexibility index (Phi) is 3.93. The first-order valence-electron chi connectivity index (χ1n) is 6.66. The fourth-order valence-electron chi connectivity index (χ4n) is 2.74. The average molecular weight is 290 g/mol.